The second-order valence-corrected chi connectivity index (χ2v) is 31.5. The van der Waals surface area contributed by atoms with Gasteiger partial charge in [0.05, 0.1) is 47.7 Å². The van der Waals surface area contributed by atoms with Gasteiger partial charge >= 0.3 is 47.8 Å². The van der Waals surface area contributed by atoms with Crippen molar-refractivity contribution in [2.75, 3.05) is 52.9 Å². The van der Waals surface area contributed by atoms with Crippen molar-refractivity contribution in [1.82, 2.24) is 0 Å². The van der Waals surface area contributed by atoms with Gasteiger partial charge < -0.3 is 47.4 Å². The van der Waals surface area contributed by atoms with Crippen LogP contribution in [0, 0.1) is 69.0 Å². The van der Waals surface area contributed by atoms with E-state index in [0.717, 1.165) is 107 Å². The number of ether oxygens (including phenoxy) is 10. The van der Waals surface area contributed by atoms with E-state index in [9.17, 15) is 38.4 Å². The molecule has 0 spiro atoms. The Morgan fingerprint density at radius 3 is 0.960 bits per heavy atom. The summed E-state index contributed by atoms with van der Waals surface area (Å²) in [6.45, 7) is 31.8. The van der Waals surface area contributed by atoms with Crippen LogP contribution < -0.4 is 0 Å². The maximum atomic E-state index is 12.4. The Bertz CT molecular complexity index is 2350. The van der Waals surface area contributed by atoms with Gasteiger partial charge in [-0.05, 0) is 271 Å². The Morgan fingerprint density at radius 2 is 0.640 bits per heavy atom. The summed E-state index contributed by atoms with van der Waals surface area (Å²) in [7, 11) is 0. The largest absolute Gasteiger partial charge is 0.465 e. The first-order valence-electron chi connectivity index (χ1n) is 35.9. The highest BCUT2D eigenvalue weighted by Gasteiger charge is 2.59. The van der Waals surface area contributed by atoms with Crippen molar-refractivity contribution in [3.8, 4) is 0 Å². The average Bonchev–Trinajstić information content (AvgIpc) is 0.845. The van der Waals surface area contributed by atoms with Crippen molar-refractivity contribution in [3.05, 3.63) is 0 Å². The lowest BCUT2D eigenvalue weighted by Gasteiger charge is -2.60. The molecule has 10 aliphatic rings. The van der Waals surface area contributed by atoms with E-state index < -0.39 is 21.7 Å². The molecule has 10 fully saturated rings. The zero-order valence-electron chi connectivity index (χ0n) is 60.0. The molecular formula is C82H156O18. The lowest BCUT2D eigenvalue weighted by Crippen LogP contribution is -2.59. The molecule has 18 heteroatoms. The molecule has 0 aliphatic heterocycles. The van der Waals surface area contributed by atoms with Crippen LogP contribution in [0.2, 0.25) is 0 Å². The highest BCUT2D eigenvalue weighted by Crippen LogP contribution is 2.61. The minimum absolute atomic E-state index is 0. The summed E-state index contributed by atoms with van der Waals surface area (Å²) in [6, 6.07) is 0. The molecule has 0 radical (unpaired) electrons. The minimum atomic E-state index is -0.486. The number of carbonyl (C=O) groups is 8. The van der Waals surface area contributed by atoms with Crippen LogP contribution in [0.25, 0.3) is 0 Å². The summed E-state index contributed by atoms with van der Waals surface area (Å²) in [5.41, 5.74) is -3.08. The van der Waals surface area contributed by atoms with E-state index in [0.29, 0.717) is 30.1 Å². The van der Waals surface area contributed by atoms with Crippen molar-refractivity contribution in [2.45, 2.75) is 360 Å². The van der Waals surface area contributed by atoms with E-state index in [1.165, 1.54) is 64.2 Å². The van der Waals surface area contributed by atoms with E-state index in [1.54, 1.807) is 0 Å². The molecule has 0 amide bonds. The predicted molar refractivity (Wildman–Crippen MR) is 403 cm³/mol. The van der Waals surface area contributed by atoms with E-state index >= 15 is 0 Å². The maximum Gasteiger partial charge on any atom is 0.332 e. The fraction of sp³-hybridized carbons (Fsp3) is 0.902. The van der Waals surface area contributed by atoms with Crippen LogP contribution in [0.1, 0.15) is 337 Å². The van der Waals surface area contributed by atoms with Gasteiger partial charge in [0.2, 0.25) is 0 Å². The van der Waals surface area contributed by atoms with Gasteiger partial charge in [0.15, 0.2) is 0 Å². The summed E-state index contributed by atoms with van der Waals surface area (Å²) < 4.78 is 54.6. The Morgan fingerprint density at radius 1 is 0.340 bits per heavy atom. The molecule has 10 aliphatic carbocycles. The molecule has 8 bridgehead atoms. The standard InChI is InChI=1S/C22H36O5.C21H34O5.C16H28O4.C15H26O4.8CH4/c1-5-21(3,4)20(24)26-8-7-25-14-19(23)27-22(6-2)17-10-15-9-16(12-17)13-18(22)11-15;1-5-20(2,3)19(23)25-7-6-24-13-18(22)26-21(4)16-9-14-8-15(11-16)12-17(21)10-14;1-5-15(3,4)14(18)19-12-9-13(17)20-16(6-2)10-7-8-11-16;1-5-14(2,3)13(17)18-11-8-12(16)19-15(4)9-6-7-10-15;;;;;;;;/h15-18H,5-14H2,1-4H3;14-17H,5-13H2,1-4H3;5-12H2,1-4H3;5-11H2,1-4H3;8*1H4. The first-order valence-corrected chi connectivity index (χ1v) is 35.9. The smallest absolute Gasteiger partial charge is 0.332 e. The molecule has 0 saturated heterocycles. The molecule has 0 heterocycles. The third-order valence-electron chi connectivity index (χ3n) is 23.2. The van der Waals surface area contributed by atoms with E-state index in [4.69, 9.17) is 47.4 Å². The highest BCUT2D eigenvalue weighted by molar-refractivity contribution is 5.78. The topological polar surface area (TPSA) is 229 Å². The predicted octanol–water partition coefficient (Wildman–Crippen LogP) is 19.8. The molecule has 10 rings (SSSR count). The van der Waals surface area contributed by atoms with Crippen LogP contribution in [0.15, 0.2) is 0 Å². The zero-order chi connectivity index (χ0) is 68.4. The molecule has 100 heavy (non-hydrogen) atoms. The molecule has 0 aromatic heterocycles. The van der Waals surface area contributed by atoms with E-state index in [2.05, 4.69) is 20.8 Å². The second-order valence-electron chi connectivity index (χ2n) is 31.5. The number of hydrogen-bond acceptors (Lipinski definition) is 18. The molecular weight excluding hydrogens is 1270 g/mol. The molecule has 0 N–H and O–H groups in total. The van der Waals surface area contributed by atoms with Crippen molar-refractivity contribution >= 4 is 47.8 Å². The van der Waals surface area contributed by atoms with E-state index in [-0.39, 0.29) is 195 Å². The van der Waals surface area contributed by atoms with Crippen LogP contribution in [-0.4, -0.2) is 123 Å². The molecule has 18 nitrogen and oxygen atoms in total. The van der Waals surface area contributed by atoms with Crippen LogP contribution in [0.4, 0.5) is 0 Å². The Kier molecular flexibility index (Phi) is 46.1. The summed E-state index contributed by atoms with van der Waals surface area (Å²) in [5.74, 6) is 3.43. The zero-order valence-corrected chi connectivity index (χ0v) is 60.0. The molecule has 0 atom stereocenters. The lowest BCUT2D eigenvalue weighted by atomic mass is 9.49. The van der Waals surface area contributed by atoms with Gasteiger partial charge in [0.1, 0.15) is 62.0 Å². The van der Waals surface area contributed by atoms with Crippen LogP contribution in [0.3, 0.4) is 0 Å². The second kappa shape index (κ2) is 45.1. The molecule has 592 valence electrons. The summed E-state index contributed by atoms with van der Waals surface area (Å²) >= 11 is 0. The van der Waals surface area contributed by atoms with Gasteiger partial charge in [-0.25, -0.2) is 9.59 Å². The summed E-state index contributed by atoms with van der Waals surface area (Å²) in [6.07, 6.45) is 25.7. The molecule has 0 aromatic carbocycles. The molecule has 10 saturated carbocycles. The maximum absolute atomic E-state index is 12.4. The highest BCUT2D eigenvalue weighted by atomic mass is 16.6. The van der Waals surface area contributed by atoms with Gasteiger partial charge in [-0.1, -0.05) is 101 Å². The summed E-state index contributed by atoms with van der Waals surface area (Å²) in [5, 5.41) is 0. The van der Waals surface area contributed by atoms with Crippen LogP contribution >= 0.6 is 0 Å². The van der Waals surface area contributed by atoms with E-state index in [1.807, 2.05) is 90.0 Å². The number of hydrogen-bond donors (Lipinski definition) is 0. The van der Waals surface area contributed by atoms with Gasteiger partial charge in [0, 0.05) is 0 Å². The van der Waals surface area contributed by atoms with Crippen LogP contribution in [-0.2, 0) is 85.7 Å². The first kappa shape index (κ1) is 102. The third-order valence-corrected chi connectivity index (χ3v) is 23.2. The third kappa shape index (κ3) is 28.6. The van der Waals surface area contributed by atoms with Crippen molar-refractivity contribution in [2.24, 2.45) is 69.0 Å². The Balaban J connectivity index is -0.000000605. The number of esters is 8. The molecule has 0 unspecified atom stereocenters. The summed E-state index contributed by atoms with van der Waals surface area (Å²) in [4.78, 5) is 95.5. The van der Waals surface area contributed by atoms with Crippen molar-refractivity contribution < 1.29 is 85.7 Å². The lowest BCUT2D eigenvalue weighted by molar-refractivity contribution is -0.214. The van der Waals surface area contributed by atoms with Gasteiger partial charge in [-0.2, -0.15) is 0 Å². The fourth-order valence-corrected chi connectivity index (χ4v) is 15.5. The minimum Gasteiger partial charge on any atom is -0.465 e. The van der Waals surface area contributed by atoms with Gasteiger partial charge in [-0.15, -0.1) is 0 Å². The Hall–Kier alpha value is -4.32. The Labute approximate surface area is 612 Å². The monoisotopic (exact) mass is 1430 g/mol. The van der Waals surface area contributed by atoms with Gasteiger partial charge in [0.25, 0.3) is 0 Å². The fourth-order valence-electron chi connectivity index (χ4n) is 15.5. The molecule has 0 aromatic rings. The average molecular weight is 1430 g/mol. The normalized spacial score (nSPS) is 25.5. The number of rotatable bonds is 30. The quantitative estimate of drug-likeness (QED) is 0.0370. The van der Waals surface area contributed by atoms with Crippen LogP contribution in [0.5, 0.6) is 0 Å². The van der Waals surface area contributed by atoms with Gasteiger partial charge in [-0.3, -0.25) is 28.8 Å². The van der Waals surface area contributed by atoms with Crippen molar-refractivity contribution in [3.63, 3.8) is 0 Å². The van der Waals surface area contributed by atoms with Crippen molar-refractivity contribution in [1.29, 1.82) is 0 Å². The number of carbonyl (C=O) groups excluding carboxylic acids is 8. The first-order chi connectivity index (χ1) is 43.2. The SMILES string of the molecule is C.C.C.C.C.C.C.C.CCC(C)(C)C(=O)OCCC(=O)OC1(C)CCCC1.CCC(C)(C)C(=O)OCCOCC(=O)OC1(C)C2CC3CC(C2)CC1C3.CCC(C)(C)C(=O)OCCOCC(=O)OC1(CC)C2CC3CC(C2)CC1C3.CCC1(OC(=O)CCOC(=O)C(C)(C)CC)CCCC1.